The number of carbonyl (C=O) groups excluding carboxylic acids is 3. The molecule has 1 saturated carbocycles. The third-order valence-corrected chi connectivity index (χ3v) is 6.05. The number of urea groups is 1. The Labute approximate surface area is 201 Å². The minimum atomic E-state index is -1.10. The summed E-state index contributed by atoms with van der Waals surface area (Å²) in [7, 11) is 0. The molecule has 35 heavy (non-hydrogen) atoms. The first kappa shape index (κ1) is 22.6. The first-order chi connectivity index (χ1) is 16.9. The van der Waals surface area contributed by atoms with Crippen molar-refractivity contribution in [3.63, 3.8) is 0 Å². The predicted octanol–water partition coefficient (Wildman–Crippen LogP) is 3.84. The highest BCUT2D eigenvalue weighted by atomic mass is 19.1. The zero-order valence-corrected chi connectivity index (χ0v) is 19.1. The third kappa shape index (κ3) is 4.59. The van der Waals surface area contributed by atoms with Crippen LogP contribution >= 0.6 is 0 Å². The van der Waals surface area contributed by atoms with E-state index < -0.39 is 18.0 Å². The Bertz CT molecular complexity index is 1290. The highest BCUT2D eigenvalue weighted by Gasteiger charge is 2.43. The second-order valence-corrected chi connectivity index (χ2v) is 8.61. The van der Waals surface area contributed by atoms with Crippen LogP contribution in [0.4, 0.5) is 26.4 Å². The zero-order valence-electron chi connectivity index (χ0n) is 19.1. The molecule has 4 N–H and O–H groups in total. The number of rotatable bonds is 6. The molecule has 1 aromatic carbocycles. The molecule has 2 aromatic heterocycles. The molecule has 5 rings (SSSR count). The zero-order chi connectivity index (χ0) is 24.5. The quantitative estimate of drug-likeness (QED) is 0.431. The van der Waals surface area contributed by atoms with Crippen molar-refractivity contribution < 1.29 is 18.8 Å². The summed E-state index contributed by atoms with van der Waals surface area (Å²) >= 11 is 0. The van der Waals surface area contributed by atoms with Crippen LogP contribution in [0.3, 0.4) is 0 Å². The van der Waals surface area contributed by atoms with Gasteiger partial charge in [-0.1, -0.05) is 18.2 Å². The first-order valence-electron chi connectivity index (χ1n) is 11.5. The number of aromatic nitrogens is 2. The third-order valence-electron chi connectivity index (χ3n) is 6.05. The Kier molecular flexibility index (Phi) is 5.94. The number of para-hydroxylation sites is 1. The number of Topliss-reactive ketones (excluding diaryl/α,β-unsaturated/α-hetero) is 1. The number of nitrogens with one attached hydrogen (secondary N) is 4. The molecular weight excluding hydrogens is 451 g/mol. The molecule has 3 aromatic rings. The van der Waals surface area contributed by atoms with Gasteiger partial charge < -0.3 is 25.8 Å². The van der Waals surface area contributed by atoms with Gasteiger partial charge in [0.25, 0.3) is 0 Å². The Hall–Kier alpha value is -4.21. The number of hydrogen-bond acceptors (Lipinski definition) is 5. The lowest BCUT2D eigenvalue weighted by atomic mass is 10.0. The lowest BCUT2D eigenvalue weighted by Gasteiger charge is -2.26. The van der Waals surface area contributed by atoms with E-state index in [0.29, 0.717) is 40.6 Å². The van der Waals surface area contributed by atoms with E-state index in [-0.39, 0.29) is 31.3 Å². The number of fused-ring (bicyclic) bond motifs is 1. The van der Waals surface area contributed by atoms with Gasteiger partial charge in [-0.25, -0.2) is 14.2 Å². The van der Waals surface area contributed by atoms with E-state index in [1.54, 1.807) is 18.3 Å². The Morgan fingerprint density at radius 2 is 1.97 bits per heavy atom. The van der Waals surface area contributed by atoms with E-state index in [1.165, 1.54) is 4.90 Å². The first-order valence-corrected chi connectivity index (χ1v) is 11.5. The van der Waals surface area contributed by atoms with Crippen molar-refractivity contribution in [1.82, 2.24) is 20.2 Å². The second-order valence-electron chi connectivity index (χ2n) is 8.61. The number of pyridine rings is 1. The summed E-state index contributed by atoms with van der Waals surface area (Å²) < 4.78 is 13.3. The molecular formula is C25H25FN6O3. The maximum absolute atomic E-state index is 13.3. The van der Waals surface area contributed by atoms with E-state index in [4.69, 9.17) is 0 Å². The topological polar surface area (TPSA) is 119 Å². The lowest BCUT2D eigenvalue weighted by Crippen LogP contribution is -2.44. The molecule has 0 saturated heterocycles. The minimum Gasteiger partial charge on any atom is -0.355 e. The normalized spacial score (nSPS) is 18.6. The van der Waals surface area contributed by atoms with Crippen LogP contribution in [0, 0.1) is 5.92 Å². The fourth-order valence-corrected chi connectivity index (χ4v) is 4.20. The number of halogens is 1. The Morgan fingerprint density at radius 3 is 2.69 bits per heavy atom. The Balaban J connectivity index is 1.52. The summed E-state index contributed by atoms with van der Waals surface area (Å²) in [6.07, 6.45) is 0.665. The molecule has 0 bridgehead atoms. The van der Waals surface area contributed by atoms with Gasteiger partial charge in [-0.3, -0.25) is 9.59 Å². The van der Waals surface area contributed by atoms with Crippen LogP contribution in [-0.2, 0) is 11.3 Å². The number of ketones is 1. The van der Waals surface area contributed by atoms with Crippen molar-refractivity contribution in [3.05, 3.63) is 59.9 Å². The number of nitrogens with zero attached hydrogens (tertiary/aromatic N) is 2. The molecule has 180 valence electrons. The summed E-state index contributed by atoms with van der Waals surface area (Å²) in [4.78, 5) is 46.8. The highest BCUT2D eigenvalue weighted by Crippen LogP contribution is 2.39. The monoisotopic (exact) mass is 476 g/mol. The molecule has 3 amide bonds. The van der Waals surface area contributed by atoms with Gasteiger partial charge in [0.2, 0.25) is 5.91 Å². The van der Waals surface area contributed by atoms with Crippen LogP contribution in [0.2, 0.25) is 0 Å². The maximum Gasteiger partial charge on any atom is 0.318 e. The molecule has 1 aliphatic carbocycles. The number of anilines is 3. The van der Waals surface area contributed by atoms with Crippen molar-refractivity contribution in [3.8, 4) is 11.3 Å². The average Bonchev–Trinajstić information content (AvgIpc) is 3.48. The standard InChI is InChI=1S/C25H25FN6O3/c1-2-27-25(35)32-12-18-21(19(33)13-32)23(29-15-6-4-3-5-7-15)22(30-18)14-8-9-28-20(10-14)31-24(34)16-11-17(16)26/h3-10,16-17,29-30H,2,11-13H2,1H3,(H,27,35)(H,28,31,34)/t16-,17+/m1/s1. The Morgan fingerprint density at radius 1 is 1.20 bits per heavy atom. The average molecular weight is 477 g/mol. The van der Waals surface area contributed by atoms with E-state index >= 15 is 0 Å². The molecule has 0 radical (unpaired) electrons. The van der Waals surface area contributed by atoms with Gasteiger partial charge in [0.1, 0.15) is 12.0 Å². The number of carbonyl (C=O) groups is 3. The van der Waals surface area contributed by atoms with Crippen LogP contribution in [0.5, 0.6) is 0 Å². The molecule has 0 unspecified atom stereocenters. The molecule has 1 aliphatic heterocycles. The molecule has 2 atom stereocenters. The van der Waals surface area contributed by atoms with Gasteiger partial charge in [-0.15, -0.1) is 0 Å². The number of amides is 3. The number of hydrogen-bond donors (Lipinski definition) is 4. The summed E-state index contributed by atoms with van der Waals surface area (Å²) in [6.45, 7) is 2.48. The number of aromatic amines is 1. The fourth-order valence-electron chi connectivity index (χ4n) is 4.20. The van der Waals surface area contributed by atoms with Crippen LogP contribution in [0.25, 0.3) is 11.3 Å². The van der Waals surface area contributed by atoms with Gasteiger partial charge >= 0.3 is 6.03 Å². The van der Waals surface area contributed by atoms with Crippen molar-refractivity contribution in [2.75, 3.05) is 23.7 Å². The molecule has 2 aliphatic rings. The molecule has 1 fully saturated rings. The minimum absolute atomic E-state index is 0.0387. The largest absolute Gasteiger partial charge is 0.355 e. The number of H-pyrrole nitrogens is 1. The van der Waals surface area contributed by atoms with E-state index in [9.17, 15) is 18.8 Å². The van der Waals surface area contributed by atoms with Crippen LogP contribution in [-0.4, -0.2) is 51.9 Å². The van der Waals surface area contributed by atoms with Crippen molar-refractivity contribution in [2.45, 2.75) is 26.1 Å². The predicted molar refractivity (Wildman–Crippen MR) is 129 cm³/mol. The lowest BCUT2D eigenvalue weighted by molar-refractivity contribution is -0.117. The van der Waals surface area contributed by atoms with Gasteiger partial charge in [-0.05, 0) is 37.6 Å². The van der Waals surface area contributed by atoms with E-state index in [2.05, 4.69) is 25.9 Å². The fraction of sp³-hybridized carbons (Fsp3) is 0.280. The van der Waals surface area contributed by atoms with Gasteiger partial charge in [0.05, 0.1) is 36.0 Å². The van der Waals surface area contributed by atoms with E-state index in [0.717, 1.165) is 5.69 Å². The summed E-state index contributed by atoms with van der Waals surface area (Å²) in [5.41, 5.74) is 3.78. The van der Waals surface area contributed by atoms with Crippen LogP contribution < -0.4 is 16.0 Å². The summed E-state index contributed by atoms with van der Waals surface area (Å²) in [5, 5.41) is 8.74. The van der Waals surface area contributed by atoms with Crippen molar-refractivity contribution in [2.24, 2.45) is 5.92 Å². The highest BCUT2D eigenvalue weighted by molar-refractivity contribution is 6.09. The van der Waals surface area contributed by atoms with Gasteiger partial charge in [0.15, 0.2) is 5.78 Å². The number of benzene rings is 1. The van der Waals surface area contributed by atoms with Crippen molar-refractivity contribution in [1.29, 1.82) is 0 Å². The maximum atomic E-state index is 13.3. The van der Waals surface area contributed by atoms with Gasteiger partial charge in [0, 0.05) is 29.7 Å². The van der Waals surface area contributed by atoms with E-state index in [1.807, 2.05) is 37.3 Å². The SMILES string of the molecule is CCNC(=O)N1CC(=O)c2c([nH]c(-c3ccnc(NC(=O)[C@@H]4C[C@@H]4F)c3)c2Nc2ccccc2)C1. The smallest absolute Gasteiger partial charge is 0.318 e. The number of alkyl halides is 1. The molecule has 10 heteroatoms. The van der Waals surface area contributed by atoms with Crippen LogP contribution in [0.1, 0.15) is 29.4 Å². The van der Waals surface area contributed by atoms with Crippen molar-refractivity contribution >= 4 is 34.9 Å². The summed E-state index contributed by atoms with van der Waals surface area (Å²) in [6, 6.07) is 12.6. The summed E-state index contributed by atoms with van der Waals surface area (Å²) in [5.74, 6) is -0.932. The van der Waals surface area contributed by atoms with Crippen LogP contribution in [0.15, 0.2) is 48.7 Å². The molecule has 3 heterocycles. The van der Waals surface area contributed by atoms with Gasteiger partial charge in [-0.2, -0.15) is 0 Å². The molecule has 0 spiro atoms. The second kappa shape index (κ2) is 9.21. The molecule has 9 nitrogen and oxygen atoms in total.